The van der Waals surface area contributed by atoms with Gasteiger partial charge in [-0.3, -0.25) is 4.79 Å². The highest BCUT2D eigenvalue weighted by Crippen LogP contribution is 2.24. The molecule has 20 heavy (non-hydrogen) atoms. The summed E-state index contributed by atoms with van der Waals surface area (Å²) >= 11 is 11.9. The second-order valence-corrected chi connectivity index (χ2v) is 5.04. The average molecular weight is 312 g/mol. The van der Waals surface area contributed by atoms with E-state index in [2.05, 4.69) is 5.32 Å². The summed E-state index contributed by atoms with van der Waals surface area (Å²) in [6.07, 6.45) is 0. The maximum atomic E-state index is 12.4. The van der Waals surface area contributed by atoms with Crippen LogP contribution < -0.4 is 5.32 Å². The zero-order chi connectivity index (χ0) is 14.5. The third-order valence-electron chi connectivity index (χ3n) is 2.82. The van der Waals surface area contributed by atoms with Crippen LogP contribution in [0.3, 0.4) is 0 Å². The van der Waals surface area contributed by atoms with Crippen molar-refractivity contribution in [3.63, 3.8) is 0 Å². The van der Waals surface area contributed by atoms with Gasteiger partial charge in [0, 0.05) is 6.54 Å². The molecule has 0 heterocycles. The molecular formula is C15H12Cl2FNO. The monoisotopic (exact) mass is 311 g/mol. The van der Waals surface area contributed by atoms with Gasteiger partial charge in [-0.25, -0.2) is 4.39 Å². The molecule has 1 amide bonds. The number of amides is 1. The van der Waals surface area contributed by atoms with Crippen LogP contribution in [0.25, 0.3) is 0 Å². The molecule has 2 nitrogen and oxygen atoms in total. The third-order valence-corrected chi connectivity index (χ3v) is 3.45. The fourth-order valence-electron chi connectivity index (χ4n) is 1.73. The first kappa shape index (κ1) is 14.8. The van der Waals surface area contributed by atoms with E-state index in [-0.39, 0.29) is 11.5 Å². The maximum Gasteiger partial charge on any atom is 0.254 e. The summed E-state index contributed by atoms with van der Waals surface area (Å²) in [6, 6.07) is 11.8. The van der Waals surface area contributed by atoms with Crippen molar-refractivity contribution in [2.24, 2.45) is 0 Å². The first-order valence-electron chi connectivity index (χ1n) is 5.98. The zero-order valence-electron chi connectivity index (χ0n) is 10.5. The summed E-state index contributed by atoms with van der Waals surface area (Å²) in [5.41, 5.74) is 1.74. The van der Waals surface area contributed by atoms with Crippen molar-refractivity contribution in [2.45, 2.75) is 13.2 Å². The van der Waals surface area contributed by atoms with E-state index in [1.165, 1.54) is 0 Å². The van der Waals surface area contributed by atoms with Gasteiger partial charge in [0.15, 0.2) is 0 Å². The van der Waals surface area contributed by atoms with Crippen LogP contribution in [0.1, 0.15) is 21.5 Å². The Labute approximate surface area is 126 Å². The van der Waals surface area contributed by atoms with Gasteiger partial charge in [-0.1, -0.05) is 53.5 Å². The largest absolute Gasteiger partial charge is 0.348 e. The highest BCUT2D eigenvalue weighted by Gasteiger charge is 2.13. The van der Waals surface area contributed by atoms with Crippen molar-refractivity contribution in [2.75, 3.05) is 0 Å². The van der Waals surface area contributed by atoms with Gasteiger partial charge < -0.3 is 5.32 Å². The van der Waals surface area contributed by atoms with E-state index in [1.807, 2.05) is 0 Å². The molecule has 0 aliphatic carbocycles. The van der Waals surface area contributed by atoms with Gasteiger partial charge in [0.25, 0.3) is 5.91 Å². The van der Waals surface area contributed by atoms with E-state index < -0.39 is 6.67 Å². The topological polar surface area (TPSA) is 29.1 Å². The van der Waals surface area contributed by atoms with Crippen LogP contribution in [-0.4, -0.2) is 5.91 Å². The minimum Gasteiger partial charge on any atom is -0.348 e. The molecule has 0 spiro atoms. The summed E-state index contributed by atoms with van der Waals surface area (Å²) in [6.45, 7) is -0.172. The molecule has 0 saturated carbocycles. The zero-order valence-corrected chi connectivity index (χ0v) is 12.0. The number of halogens is 3. The average Bonchev–Trinajstić information content (AvgIpc) is 2.45. The lowest BCUT2D eigenvalue weighted by Crippen LogP contribution is -2.23. The molecule has 0 fully saturated rings. The van der Waals surface area contributed by atoms with Crippen molar-refractivity contribution < 1.29 is 9.18 Å². The predicted octanol–water partition coefficient (Wildman–Crippen LogP) is 4.39. The first-order chi connectivity index (χ1) is 9.61. The first-order valence-corrected chi connectivity index (χ1v) is 6.73. The Morgan fingerprint density at radius 1 is 1.00 bits per heavy atom. The Bertz CT molecular complexity index is 594. The molecule has 0 aromatic heterocycles. The molecule has 2 aromatic carbocycles. The normalized spacial score (nSPS) is 10.3. The van der Waals surface area contributed by atoms with Gasteiger partial charge in [-0.05, 0) is 23.3 Å². The van der Waals surface area contributed by atoms with Crippen LogP contribution in [0.5, 0.6) is 0 Å². The van der Waals surface area contributed by atoms with Gasteiger partial charge in [-0.15, -0.1) is 0 Å². The van der Waals surface area contributed by atoms with Crippen molar-refractivity contribution in [1.29, 1.82) is 0 Å². The highest BCUT2D eigenvalue weighted by molar-refractivity contribution is 6.39. The molecule has 0 saturated heterocycles. The molecule has 2 rings (SSSR count). The van der Waals surface area contributed by atoms with Crippen LogP contribution in [0.15, 0.2) is 42.5 Å². The Kier molecular flexibility index (Phi) is 4.99. The number of alkyl halides is 1. The number of rotatable bonds is 4. The lowest BCUT2D eigenvalue weighted by atomic mass is 10.1. The summed E-state index contributed by atoms with van der Waals surface area (Å²) in [7, 11) is 0. The van der Waals surface area contributed by atoms with E-state index >= 15 is 0 Å². The number of hydrogen-bond acceptors (Lipinski definition) is 1. The number of carbonyl (C=O) groups is 1. The molecule has 0 aliphatic heterocycles. The van der Waals surface area contributed by atoms with Crippen LogP contribution in [0.2, 0.25) is 10.0 Å². The Morgan fingerprint density at radius 3 is 2.10 bits per heavy atom. The van der Waals surface area contributed by atoms with Crippen LogP contribution in [-0.2, 0) is 13.2 Å². The minimum absolute atomic E-state index is 0.260. The van der Waals surface area contributed by atoms with E-state index in [0.29, 0.717) is 22.2 Å². The molecule has 0 bridgehead atoms. The second kappa shape index (κ2) is 6.73. The quantitative estimate of drug-likeness (QED) is 0.891. The minimum atomic E-state index is -0.498. The molecule has 1 N–H and O–H groups in total. The summed E-state index contributed by atoms with van der Waals surface area (Å²) in [4.78, 5) is 12.0. The molecule has 0 aliphatic rings. The highest BCUT2D eigenvalue weighted by atomic mass is 35.5. The molecule has 2 aromatic rings. The molecule has 104 valence electrons. The molecular weight excluding hydrogens is 300 g/mol. The van der Waals surface area contributed by atoms with E-state index in [4.69, 9.17) is 23.2 Å². The summed E-state index contributed by atoms with van der Waals surface area (Å²) in [5.74, 6) is -0.338. The molecule has 5 heteroatoms. The lowest BCUT2D eigenvalue weighted by molar-refractivity contribution is 0.0951. The Morgan fingerprint density at radius 2 is 1.55 bits per heavy atom. The standard InChI is InChI=1S/C15H12Cl2FNO/c16-12-2-1-3-13(17)14(12)15(20)19-9-11-6-4-10(8-18)5-7-11/h1-7H,8-9H2,(H,19,20). The maximum absolute atomic E-state index is 12.4. The smallest absolute Gasteiger partial charge is 0.254 e. The number of hydrogen-bond donors (Lipinski definition) is 1. The summed E-state index contributed by atoms with van der Waals surface area (Å²) in [5, 5.41) is 3.35. The van der Waals surface area contributed by atoms with Gasteiger partial charge in [0.1, 0.15) is 6.67 Å². The van der Waals surface area contributed by atoms with Crippen molar-refractivity contribution in [3.05, 3.63) is 69.2 Å². The van der Waals surface area contributed by atoms with Crippen LogP contribution in [0.4, 0.5) is 4.39 Å². The van der Waals surface area contributed by atoms with Crippen LogP contribution >= 0.6 is 23.2 Å². The van der Waals surface area contributed by atoms with E-state index in [0.717, 1.165) is 5.56 Å². The van der Waals surface area contributed by atoms with Gasteiger partial charge >= 0.3 is 0 Å². The molecule has 0 atom stereocenters. The van der Waals surface area contributed by atoms with Crippen molar-refractivity contribution >= 4 is 29.1 Å². The Balaban J connectivity index is 2.05. The second-order valence-electron chi connectivity index (χ2n) is 4.23. The van der Waals surface area contributed by atoms with Crippen LogP contribution in [0, 0.1) is 0 Å². The van der Waals surface area contributed by atoms with E-state index in [1.54, 1.807) is 42.5 Å². The number of benzene rings is 2. The lowest BCUT2D eigenvalue weighted by Gasteiger charge is -2.08. The van der Waals surface area contributed by atoms with Gasteiger partial charge in [-0.2, -0.15) is 0 Å². The fourth-order valence-corrected chi connectivity index (χ4v) is 2.30. The third kappa shape index (κ3) is 3.50. The van der Waals surface area contributed by atoms with Gasteiger partial charge in [0.2, 0.25) is 0 Å². The molecule has 0 radical (unpaired) electrons. The fraction of sp³-hybridized carbons (Fsp3) is 0.133. The molecule has 0 unspecified atom stereocenters. The van der Waals surface area contributed by atoms with E-state index in [9.17, 15) is 9.18 Å². The predicted molar refractivity (Wildman–Crippen MR) is 78.9 cm³/mol. The van der Waals surface area contributed by atoms with Crippen molar-refractivity contribution in [3.8, 4) is 0 Å². The number of nitrogens with one attached hydrogen (secondary N) is 1. The van der Waals surface area contributed by atoms with Crippen molar-refractivity contribution in [1.82, 2.24) is 5.32 Å². The van der Waals surface area contributed by atoms with Gasteiger partial charge in [0.05, 0.1) is 15.6 Å². The SMILES string of the molecule is O=C(NCc1ccc(CF)cc1)c1c(Cl)cccc1Cl. The summed E-state index contributed by atoms with van der Waals surface area (Å²) < 4.78 is 12.4. The number of carbonyl (C=O) groups excluding carboxylic acids is 1. The Hall–Kier alpha value is -1.58.